The summed E-state index contributed by atoms with van der Waals surface area (Å²) in [5, 5.41) is 1.14. The van der Waals surface area contributed by atoms with E-state index in [1.807, 2.05) is 0 Å². The highest BCUT2D eigenvalue weighted by Crippen LogP contribution is 2.10. The van der Waals surface area contributed by atoms with Crippen molar-refractivity contribution in [3.05, 3.63) is 50.1 Å². The lowest BCUT2D eigenvalue weighted by molar-refractivity contribution is 0.527. The van der Waals surface area contributed by atoms with Gasteiger partial charge in [-0.25, -0.2) is 0 Å². The topological polar surface area (TPSA) is 46.5 Å². The maximum Gasteiger partial charge on any atom is 0.215 e. The maximum atomic E-state index is 12.3. The molecule has 106 valence electrons. The number of benzene rings is 1. The summed E-state index contributed by atoms with van der Waals surface area (Å²) in [6.07, 6.45) is 5.08. The van der Waals surface area contributed by atoms with Crippen molar-refractivity contribution < 1.29 is 0 Å². The van der Waals surface area contributed by atoms with Crippen LogP contribution < -0.4 is 16.2 Å². The van der Waals surface area contributed by atoms with Gasteiger partial charge in [0.15, 0.2) is 5.36 Å². The lowest BCUT2D eigenvalue weighted by Gasteiger charge is -2.09. The van der Waals surface area contributed by atoms with Crippen LogP contribution in [0, 0.1) is 0 Å². The van der Waals surface area contributed by atoms with E-state index in [1.54, 1.807) is 24.3 Å². The molecule has 0 fully saturated rings. The van der Waals surface area contributed by atoms with Crippen molar-refractivity contribution >= 4 is 10.8 Å². The van der Waals surface area contributed by atoms with Gasteiger partial charge < -0.3 is 0 Å². The Balaban J connectivity index is 2.52. The normalized spacial score (nSPS) is 12.7. The SMILES string of the molecule is CCCCC(CCC)N=c1c(=O)c2ccccc2c1=O. The van der Waals surface area contributed by atoms with Crippen molar-refractivity contribution in [2.45, 2.75) is 52.0 Å². The Labute approximate surface area is 118 Å². The first-order chi connectivity index (χ1) is 9.69. The van der Waals surface area contributed by atoms with Gasteiger partial charge in [0, 0.05) is 10.8 Å². The van der Waals surface area contributed by atoms with Gasteiger partial charge in [-0.15, -0.1) is 0 Å². The fraction of sp³-hybridized carbons (Fsp3) is 0.471. The molecule has 3 nitrogen and oxygen atoms in total. The van der Waals surface area contributed by atoms with Gasteiger partial charge in [0.25, 0.3) is 0 Å². The molecule has 0 aliphatic carbocycles. The Morgan fingerprint density at radius 2 is 1.55 bits per heavy atom. The van der Waals surface area contributed by atoms with Crippen molar-refractivity contribution in [2.24, 2.45) is 4.99 Å². The van der Waals surface area contributed by atoms with Crippen molar-refractivity contribution in [3.8, 4) is 0 Å². The second kappa shape index (κ2) is 6.60. The molecule has 2 aromatic rings. The van der Waals surface area contributed by atoms with Crippen molar-refractivity contribution in [1.82, 2.24) is 0 Å². The van der Waals surface area contributed by atoms with Gasteiger partial charge in [-0.05, 0) is 12.8 Å². The molecule has 1 atom stereocenters. The Kier molecular flexibility index (Phi) is 4.83. The Hall–Kier alpha value is -1.77. The molecular weight excluding hydrogens is 250 g/mol. The summed E-state index contributed by atoms with van der Waals surface area (Å²) in [4.78, 5) is 29.0. The van der Waals surface area contributed by atoms with E-state index < -0.39 is 0 Å². The van der Waals surface area contributed by atoms with E-state index in [9.17, 15) is 9.59 Å². The average Bonchev–Trinajstić information content (AvgIpc) is 2.70. The van der Waals surface area contributed by atoms with Gasteiger partial charge in [0.2, 0.25) is 10.9 Å². The van der Waals surface area contributed by atoms with Gasteiger partial charge in [0.05, 0.1) is 6.04 Å². The van der Waals surface area contributed by atoms with Gasteiger partial charge in [0.1, 0.15) is 0 Å². The number of fused-ring (bicyclic) bond motifs is 1. The largest absolute Gasteiger partial charge is 0.287 e. The van der Waals surface area contributed by atoms with E-state index in [1.165, 1.54) is 0 Å². The van der Waals surface area contributed by atoms with Crippen LogP contribution in [-0.2, 0) is 0 Å². The molecule has 0 heterocycles. The van der Waals surface area contributed by atoms with Crippen LogP contribution in [0.1, 0.15) is 46.0 Å². The minimum Gasteiger partial charge on any atom is -0.287 e. The molecule has 0 saturated carbocycles. The van der Waals surface area contributed by atoms with E-state index in [0.717, 1.165) is 32.1 Å². The molecular formula is C17H21NO2. The average molecular weight is 271 g/mol. The molecule has 3 heteroatoms. The number of hydrogen-bond donors (Lipinski definition) is 0. The molecule has 0 spiro atoms. The third kappa shape index (κ3) is 2.87. The molecule has 0 bridgehead atoms. The van der Waals surface area contributed by atoms with Gasteiger partial charge in [-0.3, -0.25) is 14.6 Å². The van der Waals surface area contributed by atoms with Crippen molar-refractivity contribution in [3.63, 3.8) is 0 Å². The van der Waals surface area contributed by atoms with Crippen LogP contribution in [0.5, 0.6) is 0 Å². The van der Waals surface area contributed by atoms with E-state index in [2.05, 4.69) is 18.8 Å². The van der Waals surface area contributed by atoms with Crippen LogP contribution in [0.25, 0.3) is 10.8 Å². The summed E-state index contributed by atoms with van der Waals surface area (Å²) in [5.74, 6) is 0. The van der Waals surface area contributed by atoms with E-state index >= 15 is 0 Å². The highest BCUT2D eigenvalue weighted by molar-refractivity contribution is 5.83. The summed E-state index contributed by atoms with van der Waals surface area (Å²) in [6, 6.07) is 7.08. The Morgan fingerprint density at radius 3 is 2.05 bits per heavy atom. The lowest BCUT2D eigenvalue weighted by Crippen LogP contribution is -2.33. The van der Waals surface area contributed by atoms with Crippen LogP contribution in [0.2, 0.25) is 0 Å². The smallest absolute Gasteiger partial charge is 0.215 e. The van der Waals surface area contributed by atoms with E-state index in [-0.39, 0.29) is 22.3 Å². The second-order valence-electron chi connectivity index (χ2n) is 5.27. The van der Waals surface area contributed by atoms with Crippen molar-refractivity contribution in [2.75, 3.05) is 0 Å². The van der Waals surface area contributed by atoms with Crippen LogP contribution in [0.3, 0.4) is 0 Å². The lowest BCUT2D eigenvalue weighted by atomic mass is 10.1. The van der Waals surface area contributed by atoms with Crippen LogP contribution >= 0.6 is 0 Å². The monoisotopic (exact) mass is 271 g/mol. The standard InChI is InChI=1S/C17H21NO2/c1-3-5-9-12(8-4-2)18-15-16(19)13-10-6-7-11-14(13)17(15)20/h6-7,10-12H,3-5,8-9H2,1-2H3. The summed E-state index contributed by atoms with van der Waals surface area (Å²) >= 11 is 0. The molecule has 1 unspecified atom stereocenters. The number of unbranched alkanes of at least 4 members (excludes halogenated alkanes) is 1. The summed E-state index contributed by atoms with van der Waals surface area (Å²) < 4.78 is 0. The minimum absolute atomic E-state index is 0.0946. The zero-order valence-electron chi connectivity index (χ0n) is 12.2. The summed E-state index contributed by atoms with van der Waals surface area (Å²) in [7, 11) is 0. The summed E-state index contributed by atoms with van der Waals surface area (Å²) in [5.41, 5.74) is -0.411. The maximum absolute atomic E-state index is 12.3. The third-order valence-electron chi connectivity index (χ3n) is 3.67. The molecule has 0 saturated heterocycles. The quantitative estimate of drug-likeness (QED) is 0.811. The van der Waals surface area contributed by atoms with Gasteiger partial charge in [-0.2, -0.15) is 0 Å². The van der Waals surface area contributed by atoms with E-state index in [0.29, 0.717) is 10.8 Å². The second-order valence-corrected chi connectivity index (χ2v) is 5.27. The molecule has 0 aromatic heterocycles. The number of hydrogen-bond acceptors (Lipinski definition) is 3. The molecule has 0 aliphatic rings. The number of rotatable bonds is 6. The predicted molar refractivity (Wildman–Crippen MR) is 82.6 cm³/mol. The highest BCUT2D eigenvalue weighted by atomic mass is 16.1. The predicted octanol–water partition coefficient (Wildman–Crippen LogP) is 2.70. The first kappa shape index (κ1) is 14.6. The molecule has 0 aliphatic heterocycles. The highest BCUT2D eigenvalue weighted by Gasteiger charge is 2.12. The van der Waals surface area contributed by atoms with Crippen molar-refractivity contribution in [1.29, 1.82) is 0 Å². The molecule has 0 amide bonds. The van der Waals surface area contributed by atoms with Crippen LogP contribution in [0.15, 0.2) is 38.8 Å². The van der Waals surface area contributed by atoms with E-state index in [4.69, 9.17) is 0 Å². The fourth-order valence-electron chi connectivity index (χ4n) is 2.58. The molecule has 2 rings (SSSR count). The third-order valence-corrected chi connectivity index (χ3v) is 3.67. The number of nitrogens with zero attached hydrogens (tertiary/aromatic N) is 1. The zero-order valence-corrected chi connectivity index (χ0v) is 12.2. The van der Waals surface area contributed by atoms with Crippen LogP contribution in [0.4, 0.5) is 0 Å². The first-order valence-corrected chi connectivity index (χ1v) is 7.45. The van der Waals surface area contributed by atoms with Gasteiger partial charge in [-0.1, -0.05) is 57.4 Å². The van der Waals surface area contributed by atoms with Gasteiger partial charge >= 0.3 is 0 Å². The molecule has 0 N–H and O–H groups in total. The Morgan fingerprint density at radius 1 is 0.950 bits per heavy atom. The molecule has 20 heavy (non-hydrogen) atoms. The van der Waals surface area contributed by atoms with Crippen LogP contribution in [-0.4, -0.2) is 6.04 Å². The molecule has 0 radical (unpaired) electrons. The minimum atomic E-state index is -0.205. The first-order valence-electron chi connectivity index (χ1n) is 7.45. The molecule has 2 aromatic carbocycles. The Bertz CT molecular complexity index is 674. The summed E-state index contributed by atoms with van der Waals surface area (Å²) in [6.45, 7) is 4.24. The zero-order chi connectivity index (χ0) is 14.5. The fourth-order valence-corrected chi connectivity index (χ4v) is 2.58.